The van der Waals surface area contributed by atoms with E-state index in [2.05, 4.69) is 10.3 Å². The van der Waals surface area contributed by atoms with Gasteiger partial charge in [0.2, 0.25) is 6.17 Å². The predicted molar refractivity (Wildman–Crippen MR) is 34.8 cm³/mol. The molecule has 1 aliphatic rings. The molecule has 0 saturated heterocycles. The third-order valence-electron chi connectivity index (χ3n) is 0.990. The van der Waals surface area contributed by atoms with Crippen molar-refractivity contribution in [3.63, 3.8) is 0 Å². The summed E-state index contributed by atoms with van der Waals surface area (Å²) in [6, 6.07) is 1.98. The predicted octanol–water partition coefficient (Wildman–Crippen LogP) is 0.414. The van der Waals surface area contributed by atoms with Crippen molar-refractivity contribution in [3.8, 4) is 6.07 Å². The molecule has 9 heavy (non-hydrogen) atoms. The second kappa shape index (κ2) is 2.88. The van der Waals surface area contributed by atoms with Crippen LogP contribution in [0, 0.1) is 11.3 Å². The van der Waals surface area contributed by atoms with Crippen molar-refractivity contribution in [2.24, 2.45) is 4.99 Å². The van der Waals surface area contributed by atoms with Gasteiger partial charge in [-0.05, 0) is 6.20 Å². The van der Waals surface area contributed by atoms with Crippen molar-refractivity contribution in [1.29, 1.82) is 5.26 Å². The summed E-state index contributed by atoms with van der Waals surface area (Å²) in [4.78, 5) is 3.88. The highest BCUT2D eigenvalue weighted by Gasteiger charge is 1.98. The van der Waals surface area contributed by atoms with Gasteiger partial charge in [-0.2, -0.15) is 5.26 Å². The zero-order chi connectivity index (χ0) is 6.53. The summed E-state index contributed by atoms with van der Waals surface area (Å²) in [6.07, 6.45) is 5.82. The first-order valence-corrected chi connectivity index (χ1v) is 2.76. The zero-order valence-electron chi connectivity index (χ0n) is 4.91. The Kier molecular flexibility index (Phi) is 1.86. The Balaban J connectivity index is 2.57. The molecule has 1 atom stereocenters. The number of nitriles is 1. The lowest BCUT2D eigenvalue weighted by molar-refractivity contribution is 0.757. The number of aliphatic imine (C=N–C) groups is 1. The van der Waals surface area contributed by atoms with E-state index >= 15 is 0 Å². The first-order chi connectivity index (χ1) is 4.43. The Hall–Kier alpha value is -1.30. The van der Waals surface area contributed by atoms with Gasteiger partial charge < -0.3 is 5.32 Å². The van der Waals surface area contributed by atoms with Crippen molar-refractivity contribution in [1.82, 2.24) is 5.32 Å². The minimum Gasteiger partial charge on any atom is -0.359 e. The number of hydrogen-bond donors (Lipinski definition) is 1. The van der Waals surface area contributed by atoms with Gasteiger partial charge in [0, 0.05) is 12.6 Å². The van der Waals surface area contributed by atoms with Crippen LogP contribution in [0.5, 0.6) is 0 Å². The molecule has 1 N–H and O–H groups in total. The van der Waals surface area contributed by atoms with Gasteiger partial charge in [-0.3, -0.25) is 4.99 Å². The molecule has 1 aliphatic heterocycles. The lowest BCUT2D eigenvalue weighted by Gasteiger charge is -1.97. The second-order valence-corrected chi connectivity index (χ2v) is 1.67. The van der Waals surface area contributed by atoms with E-state index in [1.165, 1.54) is 0 Å². The lowest BCUT2D eigenvalue weighted by Crippen LogP contribution is -2.18. The monoisotopic (exact) mass is 121 g/mol. The summed E-state index contributed by atoms with van der Waals surface area (Å²) in [5.74, 6) is 0. The summed E-state index contributed by atoms with van der Waals surface area (Å²) in [5.41, 5.74) is 0. The van der Waals surface area contributed by atoms with E-state index in [1.54, 1.807) is 12.4 Å². The molecule has 0 aromatic carbocycles. The van der Waals surface area contributed by atoms with E-state index < -0.39 is 0 Å². The maximum absolute atomic E-state index is 8.36. The summed E-state index contributed by atoms with van der Waals surface area (Å²) < 4.78 is 0. The average molecular weight is 121 g/mol. The second-order valence-electron chi connectivity index (χ2n) is 1.67. The van der Waals surface area contributed by atoms with Crippen molar-refractivity contribution in [2.75, 3.05) is 0 Å². The Labute approximate surface area is 53.7 Å². The summed E-state index contributed by atoms with van der Waals surface area (Å²) >= 11 is 0. The van der Waals surface area contributed by atoms with E-state index in [0.717, 1.165) is 6.42 Å². The highest BCUT2D eigenvalue weighted by atomic mass is 15.0. The quantitative estimate of drug-likeness (QED) is 0.504. The van der Waals surface area contributed by atoms with Crippen molar-refractivity contribution >= 4 is 6.21 Å². The third kappa shape index (κ3) is 1.57. The molecular weight excluding hydrogens is 114 g/mol. The van der Waals surface area contributed by atoms with Crippen molar-refractivity contribution in [2.45, 2.75) is 12.6 Å². The zero-order valence-corrected chi connectivity index (χ0v) is 4.91. The molecule has 0 aliphatic carbocycles. The number of nitrogens with zero attached hydrogens (tertiary/aromatic N) is 2. The highest BCUT2D eigenvalue weighted by molar-refractivity contribution is 5.60. The van der Waals surface area contributed by atoms with E-state index in [0.29, 0.717) is 0 Å². The van der Waals surface area contributed by atoms with Gasteiger partial charge >= 0.3 is 0 Å². The average Bonchev–Trinajstić information content (AvgIpc) is 2.13. The molecule has 1 rings (SSSR count). The molecule has 0 fully saturated rings. The largest absolute Gasteiger partial charge is 0.359 e. The van der Waals surface area contributed by atoms with Gasteiger partial charge in [-0.1, -0.05) is 6.08 Å². The molecule has 46 valence electrons. The Bertz CT molecular complexity index is 175. The van der Waals surface area contributed by atoms with Gasteiger partial charge in [-0.15, -0.1) is 0 Å². The van der Waals surface area contributed by atoms with Crippen LogP contribution in [0.1, 0.15) is 6.42 Å². The first kappa shape index (κ1) is 5.83. The summed E-state index contributed by atoms with van der Waals surface area (Å²) in [7, 11) is 0. The molecule has 0 bridgehead atoms. The van der Waals surface area contributed by atoms with E-state index in [9.17, 15) is 0 Å². The number of rotatable bonds is 0. The van der Waals surface area contributed by atoms with Crippen LogP contribution >= 0.6 is 0 Å². The van der Waals surface area contributed by atoms with Crippen LogP contribution < -0.4 is 5.32 Å². The fraction of sp³-hybridized carbons (Fsp3) is 0.333. The molecule has 0 spiro atoms. The fourth-order valence-corrected chi connectivity index (χ4v) is 0.568. The molecule has 0 aromatic rings. The number of allylic oxidation sites excluding steroid dienone is 1. The smallest absolute Gasteiger partial charge is 0.206 e. The van der Waals surface area contributed by atoms with Crippen LogP contribution in [-0.4, -0.2) is 12.4 Å². The van der Waals surface area contributed by atoms with Gasteiger partial charge in [0.25, 0.3) is 0 Å². The van der Waals surface area contributed by atoms with Crippen LogP contribution in [0.4, 0.5) is 0 Å². The van der Waals surface area contributed by atoms with Gasteiger partial charge in [-0.25, -0.2) is 0 Å². The number of hydrogen-bond acceptors (Lipinski definition) is 3. The lowest BCUT2D eigenvalue weighted by atomic mass is 10.5. The van der Waals surface area contributed by atoms with Crippen molar-refractivity contribution < 1.29 is 0 Å². The first-order valence-electron chi connectivity index (χ1n) is 2.76. The van der Waals surface area contributed by atoms with Crippen LogP contribution in [-0.2, 0) is 0 Å². The number of nitrogens with one attached hydrogen (secondary N) is 1. The maximum atomic E-state index is 8.36. The van der Waals surface area contributed by atoms with Gasteiger partial charge in [0.15, 0.2) is 0 Å². The molecule has 0 amide bonds. The molecule has 1 unspecified atom stereocenters. The molecule has 0 saturated carbocycles. The van der Waals surface area contributed by atoms with Crippen LogP contribution in [0.2, 0.25) is 0 Å². The Morgan fingerprint density at radius 2 is 2.67 bits per heavy atom. The molecule has 0 radical (unpaired) electrons. The van der Waals surface area contributed by atoms with Crippen LogP contribution in [0.3, 0.4) is 0 Å². The highest BCUT2D eigenvalue weighted by Crippen LogP contribution is 1.89. The Morgan fingerprint density at radius 1 is 1.78 bits per heavy atom. The topological polar surface area (TPSA) is 48.2 Å². The third-order valence-corrected chi connectivity index (χ3v) is 0.990. The maximum Gasteiger partial charge on any atom is 0.206 e. The summed E-state index contributed by atoms with van der Waals surface area (Å²) in [6.45, 7) is 0. The standard InChI is InChI=1S/C6H7N3/c7-5-6-8-3-1-2-4-9-6/h1,3-4,6,8H,2H2. The van der Waals surface area contributed by atoms with Crippen LogP contribution in [0.15, 0.2) is 17.3 Å². The molecule has 0 aromatic heterocycles. The molecule has 3 heteroatoms. The fourth-order valence-electron chi connectivity index (χ4n) is 0.568. The minimum absolute atomic E-state index is 0.385. The van der Waals surface area contributed by atoms with Crippen LogP contribution in [0.25, 0.3) is 0 Å². The molecule has 1 heterocycles. The Morgan fingerprint density at radius 3 is 3.44 bits per heavy atom. The summed E-state index contributed by atoms with van der Waals surface area (Å²) in [5, 5.41) is 11.1. The van der Waals surface area contributed by atoms with Gasteiger partial charge in [0.05, 0.1) is 0 Å². The normalized spacial score (nSPS) is 24.1. The molecule has 3 nitrogen and oxygen atoms in total. The SMILES string of the molecule is N#CC1N=CCC=CN1. The van der Waals surface area contributed by atoms with Gasteiger partial charge in [0.1, 0.15) is 6.07 Å². The van der Waals surface area contributed by atoms with Crippen molar-refractivity contribution in [3.05, 3.63) is 12.3 Å². The van der Waals surface area contributed by atoms with E-state index in [1.807, 2.05) is 12.1 Å². The molecular formula is C6H7N3. The minimum atomic E-state index is -0.385. The van der Waals surface area contributed by atoms with E-state index in [4.69, 9.17) is 5.26 Å². The van der Waals surface area contributed by atoms with E-state index in [-0.39, 0.29) is 6.17 Å².